The third-order valence-corrected chi connectivity index (χ3v) is 6.62. The maximum Gasteiger partial charge on any atom is 0.410 e. The van der Waals surface area contributed by atoms with Crippen LogP contribution in [0.2, 0.25) is 10.2 Å². The molecule has 2 bridgehead atoms. The predicted octanol–water partition coefficient (Wildman–Crippen LogP) is 4.22. The van der Waals surface area contributed by atoms with Gasteiger partial charge in [0.1, 0.15) is 28.1 Å². The van der Waals surface area contributed by atoms with Crippen LogP contribution in [0.1, 0.15) is 56.8 Å². The maximum absolute atomic E-state index is 13.7. The number of hydrogen-bond acceptors (Lipinski definition) is 6. The number of rotatable bonds is 1. The number of amides is 2. The summed E-state index contributed by atoms with van der Waals surface area (Å²) >= 11 is 12.8. The lowest BCUT2D eigenvalue weighted by molar-refractivity contribution is 0.0233. The summed E-state index contributed by atoms with van der Waals surface area (Å²) in [6, 6.07) is 0. The minimum atomic E-state index is -0.576. The number of halogens is 2. The van der Waals surface area contributed by atoms with Crippen LogP contribution in [0.3, 0.4) is 0 Å². The van der Waals surface area contributed by atoms with Crippen molar-refractivity contribution in [1.82, 2.24) is 14.8 Å². The number of ether oxygens (including phenoxy) is 2. The Morgan fingerprint density at radius 3 is 2.47 bits per heavy atom. The summed E-state index contributed by atoms with van der Waals surface area (Å²) in [4.78, 5) is 36.3. The zero-order valence-corrected chi connectivity index (χ0v) is 20.3. The molecule has 2 saturated heterocycles. The third-order valence-electron chi connectivity index (χ3n) is 5.90. The molecule has 1 aromatic rings. The van der Waals surface area contributed by atoms with Gasteiger partial charge in [0.05, 0.1) is 6.54 Å². The third kappa shape index (κ3) is 4.86. The van der Waals surface area contributed by atoms with E-state index in [4.69, 9.17) is 32.7 Å². The standard InChI is InChI=1S/C22H30Cl2N4O4/c1-22(2,3)32-21(30)27-10-6-7-14-13-28(12-11-27)20(29)15-17(31-14)16(23)18(24)25-19(15)26-8-4-5-9-26/h14H,4-13H2,1-3H3. The molecule has 0 radical (unpaired) electrons. The van der Waals surface area contributed by atoms with Crippen molar-refractivity contribution in [3.05, 3.63) is 15.7 Å². The molecule has 0 saturated carbocycles. The molecular formula is C22H30Cl2N4O4. The number of carbonyl (C=O) groups excluding carboxylic acids is 2. The average molecular weight is 485 g/mol. The van der Waals surface area contributed by atoms with Crippen molar-refractivity contribution in [2.45, 2.75) is 58.2 Å². The van der Waals surface area contributed by atoms with E-state index in [0.29, 0.717) is 49.7 Å². The Morgan fingerprint density at radius 1 is 1.06 bits per heavy atom. The van der Waals surface area contributed by atoms with E-state index in [1.165, 1.54) is 0 Å². The van der Waals surface area contributed by atoms with E-state index in [0.717, 1.165) is 32.4 Å². The van der Waals surface area contributed by atoms with Crippen LogP contribution in [-0.2, 0) is 4.74 Å². The van der Waals surface area contributed by atoms with Gasteiger partial charge in [-0.1, -0.05) is 23.2 Å². The molecule has 8 nitrogen and oxygen atoms in total. The van der Waals surface area contributed by atoms with Crippen LogP contribution in [0.5, 0.6) is 5.75 Å². The fraction of sp³-hybridized carbons (Fsp3) is 0.682. The average Bonchev–Trinajstić information content (AvgIpc) is 3.22. The van der Waals surface area contributed by atoms with Crippen LogP contribution in [0.15, 0.2) is 0 Å². The lowest BCUT2D eigenvalue weighted by atomic mass is 10.2. The Morgan fingerprint density at radius 2 is 1.78 bits per heavy atom. The van der Waals surface area contributed by atoms with Crippen molar-refractivity contribution in [3.8, 4) is 5.75 Å². The first kappa shape index (κ1) is 23.2. The molecule has 2 fully saturated rings. The summed E-state index contributed by atoms with van der Waals surface area (Å²) in [6.07, 6.45) is 2.83. The van der Waals surface area contributed by atoms with E-state index < -0.39 is 5.60 Å². The zero-order valence-electron chi connectivity index (χ0n) is 18.8. The Hall–Kier alpha value is -1.93. The van der Waals surface area contributed by atoms with Gasteiger partial charge in [-0.2, -0.15) is 0 Å². The van der Waals surface area contributed by atoms with Gasteiger partial charge < -0.3 is 24.2 Å². The first-order valence-corrected chi connectivity index (χ1v) is 12.0. The largest absolute Gasteiger partial charge is 0.486 e. The van der Waals surface area contributed by atoms with Gasteiger partial charge in [0.15, 0.2) is 10.9 Å². The number of anilines is 1. The second-order valence-corrected chi connectivity index (χ2v) is 10.3. The molecule has 1 aromatic heterocycles. The van der Waals surface area contributed by atoms with Crippen molar-refractivity contribution in [2.24, 2.45) is 0 Å². The fourth-order valence-electron chi connectivity index (χ4n) is 4.37. The molecule has 4 rings (SSSR count). The van der Waals surface area contributed by atoms with E-state index in [2.05, 4.69) is 9.88 Å². The summed E-state index contributed by atoms with van der Waals surface area (Å²) in [5, 5.41) is 0.327. The molecule has 0 aromatic carbocycles. The number of nitrogens with zero attached hydrogens (tertiary/aromatic N) is 4. The Labute approximate surface area is 198 Å². The summed E-state index contributed by atoms with van der Waals surface area (Å²) in [6.45, 7) is 8.86. The highest BCUT2D eigenvalue weighted by atomic mass is 35.5. The highest BCUT2D eigenvalue weighted by molar-refractivity contribution is 6.42. The Bertz CT molecular complexity index is 899. The first-order chi connectivity index (χ1) is 15.1. The van der Waals surface area contributed by atoms with Gasteiger partial charge >= 0.3 is 6.09 Å². The normalized spacial score (nSPS) is 21.8. The van der Waals surface area contributed by atoms with Crippen molar-refractivity contribution in [1.29, 1.82) is 0 Å². The molecule has 2 amide bonds. The highest BCUT2D eigenvalue weighted by Crippen LogP contribution is 2.42. The molecule has 10 heteroatoms. The van der Waals surface area contributed by atoms with Crippen molar-refractivity contribution in [3.63, 3.8) is 0 Å². The lowest BCUT2D eigenvalue weighted by Gasteiger charge is -2.29. The van der Waals surface area contributed by atoms with Gasteiger partial charge in [0.2, 0.25) is 0 Å². The summed E-state index contributed by atoms with van der Waals surface area (Å²) < 4.78 is 11.8. The van der Waals surface area contributed by atoms with Crippen molar-refractivity contribution >= 4 is 41.0 Å². The van der Waals surface area contributed by atoms with Crippen LogP contribution in [0.4, 0.5) is 10.6 Å². The fourth-order valence-corrected chi connectivity index (χ4v) is 4.72. The molecule has 32 heavy (non-hydrogen) atoms. The molecule has 1 unspecified atom stereocenters. The molecular weight excluding hydrogens is 455 g/mol. The minimum absolute atomic E-state index is 0.149. The molecule has 0 spiro atoms. The van der Waals surface area contributed by atoms with Gasteiger partial charge in [-0.3, -0.25) is 4.79 Å². The van der Waals surface area contributed by atoms with Crippen molar-refractivity contribution < 1.29 is 19.1 Å². The quantitative estimate of drug-likeness (QED) is 0.555. The second kappa shape index (κ2) is 9.14. The Kier molecular flexibility index (Phi) is 6.63. The summed E-state index contributed by atoms with van der Waals surface area (Å²) in [5.74, 6) is 0.667. The lowest BCUT2D eigenvalue weighted by Crippen LogP contribution is -2.43. The molecule has 4 heterocycles. The van der Waals surface area contributed by atoms with Crippen LogP contribution in [-0.4, -0.2) is 77.8 Å². The number of carbonyl (C=O) groups is 2. The van der Waals surface area contributed by atoms with Crippen LogP contribution in [0.25, 0.3) is 0 Å². The molecule has 176 valence electrons. The number of pyridine rings is 1. The van der Waals surface area contributed by atoms with Gasteiger partial charge in [-0.15, -0.1) is 0 Å². The van der Waals surface area contributed by atoms with Gasteiger partial charge in [-0.25, -0.2) is 9.78 Å². The predicted molar refractivity (Wildman–Crippen MR) is 123 cm³/mol. The summed E-state index contributed by atoms with van der Waals surface area (Å²) in [7, 11) is 0. The van der Waals surface area contributed by atoms with Crippen LogP contribution in [0, 0.1) is 0 Å². The number of aromatic nitrogens is 1. The van der Waals surface area contributed by atoms with Gasteiger partial charge in [0.25, 0.3) is 5.91 Å². The van der Waals surface area contributed by atoms with Gasteiger partial charge in [0, 0.05) is 32.7 Å². The van der Waals surface area contributed by atoms with E-state index >= 15 is 0 Å². The molecule has 1 atom stereocenters. The van der Waals surface area contributed by atoms with Crippen LogP contribution < -0.4 is 9.64 Å². The maximum atomic E-state index is 13.7. The molecule has 3 aliphatic rings. The van der Waals surface area contributed by atoms with E-state index in [-0.39, 0.29) is 28.3 Å². The minimum Gasteiger partial charge on any atom is -0.486 e. The van der Waals surface area contributed by atoms with E-state index in [9.17, 15) is 9.59 Å². The Balaban J connectivity index is 1.66. The highest BCUT2D eigenvalue weighted by Gasteiger charge is 2.37. The number of hydrogen-bond donors (Lipinski definition) is 0. The topological polar surface area (TPSA) is 75.2 Å². The molecule has 0 N–H and O–H groups in total. The van der Waals surface area contributed by atoms with Gasteiger partial charge in [-0.05, 0) is 46.5 Å². The first-order valence-electron chi connectivity index (χ1n) is 11.2. The SMILES string of the molecule is CC(C)(C)OC(=O)N1CCCC2CN(CC1)C(=O)c1c(N3CCCC3)nc(Cl)c(Cl)c1O2. The monoisotopic (exact) mass is 484 g/mol. The van der Waals surface area contributed by atoms with Crippen LogP contribution >= 0.6 is 23.2 Å². The summed E-state index contributed by atoms with van der Waals surface area (Å²) in [5.41, 5.74) is -0.207. The molecule has 0 aliphatic carbocycles. The smallest absolute Gasteiger partial charge is 0.410 e. The zero-order chi connectivity index (χ0) is 23.0. The van der Waals surface area contributed by atoms with E-state index in [1.807, 2.05) is 20.8 Å². The molecule has 3 aliphatic heterocycles. The van der Waals surface area contributed by atoms with E-state index in [1.54, 1.807) is 9.80 Å². The van der Waals surface area contributed by atoms with Crippen molar-refractivity contribution in [2.75, 3.05) is 44.2 Å². The second-order valence-electron chi connectivity index (χ2n) is 9.54. The number of fused-ring (bicyclic) bond motifs is 3.